The molecule has 0 amide bonds. The van der Waals surface area contributed by atoms with E-state index in [1.807, 2.05) is 0 Å². The molecule has 0 unspecified atom stereocenters. The molecule has 0 aromatic heterocycles. The van der Waals surface area contributed by atoms with Gasteiger partial charge in [0.1, 0.15) is 9.84 Å². The summed E-state index contributed by atoms with van der Waals surface area (Å²) < 4.78 is 22.0. The van der Waals surface area contributed by atoms with Gasteiger partial charge in [0, 0.05) is 25.3 Å². The van der Waals surface area contributed by atoms with Crippen molar-refractivity contribution < 1.29 is 8.42 Å². The van der Waals surface area contributed by atoms with E-state index in [1.54, 1.807) is 0 Å². The summed E-state index contributed by atoms with van der Waals surface area (Å²) in [6.07, 6.45) is 4.90. The Labute approximate surface area is 97.4 Å². The maximum atomic E-state index is 11.0. The van der Waals surface area contributed by atoms with Crippen LogP contribution in [-0.4, -0.2) is 50.3 Å². The second-order valence-corrected chi connectivity index (χ2v) is 6.79. The maximum Gasteiger partial charge on any atom is 0.147 e. The summed E-state index contributed by atoms with van der Waals surface area (Å²) in [4.78, 5) is 2.26. The van der Waals surface area contributed by atoms with Gasteiger partial charge in [0.15, 0.2) is 0 Å². The topological polar surface area (TPSA) is 87.2 Å². The molecule has 1 aliphatic rings. The Kier molecular flexibility index (Phi) is 4.73. The lowest BCUT2D eigenvalue weighted by Gasteiger charge is -2.21. The molecule has 0 saturated heterocycles. The van der Waals surface area contributed by atoms with Gasteiger partial charge in [0.25, 0.3) is 0 Å². The van der Waals surface area contributed by atoms with Gasteiger partial charge in [-0.1, -0.05) is 0 Å². The molecule has 6 heteroatoms. The zero-order valence-electron chi connectivity index (χ0n) is 9.78. The Morgan fingerprint density at radius 3 is 2.50 bits per heavy atom. The van der Waals surface area contributed by atoms with Crippen LogP contribution in [0.15, 0.2) is 0 Å². The summed E-state index contributed by atoms with van der Waals surface area (Å²) in [5.74, 6) is 0.449. The first-order chi connectivity index (χ1) is 7.38. The van der Waals surface area contributed by atoms with Crippen LogP contribution >= 0.6 is 0 Å². The normalized spacial score (nSPS) is 16.6. The molecule has 0 atom stereocenters. The van der Waals surface area contributed by atoms with Crippen molar-refractivity contribution in [2.24, 2.45) is 5.73 Å². The zero-order valence-corrected chi connectivity index (χ0v) is 10.6. The number of hydrogen-bond donors (Lipinski definition) is 2. The van der Waals surface area contributed by atoms with Gasteiger partial charge >= 0.3 is 0 Å². The summed E-state index contributed by atoms with van der Waals surface area (Å²) in [6.45, 7) is 1.58. The fourth-order valence-electron chi connectivity index (χ4n) is 1.71. The summed E-state index contributed by atoms with van der Waals surface area (Å²) in [7, 11) is -2.85. The number of amidine groups is 1. The molecular weight excluding hydrogens is 226 g/mol. The van der Waals surface area contributed by atoms with Crippen molar-refractivity contribution in [3.63, 3.8) is 0 Å². The largest absolute Gasteiger partial charge is 0.388 e. The van der Waals surface area contributed by atoms with Crippen molar-refractivity contribution in [2.75, 3.05) is 25.1 Å². The van der Waals surface area contributed by atoms with E-state index in [2.05, 4.69) is 4.90 Å². The Morgan fingerprint density at radius 2 is 2.06 bits per heavy atom. The molecule has 0 radical (unpaired) electrons. The molecule has 0 bridgehead atoms. The van der Waals surface area contributed by atoms with Crippen LogP contribution in [0.1, 0.15) is 25.7 Å². The van der Waals surface area contributed by atoms with E-state index in [1.165, 1.54) is 19.1 Å². The van der Waals surface area contributed by atoms with Crippen molar-refractivity contribution in [1.29, 1.82) is 5.41 Å². The first kappa shape index (κ1) is 13.4. The smallest absolute Gasteiger partial charge is 0.147 e. The van der Waals surface area contributed by atoms with E-state index in [0.717, 1.165) is 13.1 Å². The standard InChI is InChI=1S/C10H21N3O2S/c1-16(14,15)8-2-6-13(9-3-4-9)7-5-10(11)12/h9H,2-8H2,1H3,(H3,11,12). The molecule has 16 heavy (non-hydrogen) atoms. The molecule has 1 aliphatic carbocycles. The molecule has 1 fully saturated rings. The zero-order chi connectivity index (χ0) is 12.2. The van der Waals surface area contributed by atoms with E-state index in [-0.39, 0.29) is 11.6 Å². The highest BCUT2D eigenvalue weighted by Crippen LogP contribution is 2.26. The highest BCUT2D eigenvalue weighted by Gasteiger charge is 2.28. The average molecular weight is 247 g/mol. The second-order valence-electron chi connectivity index (χ2n) is 4.53. The van der Waals surface area contributed by atoms with Crippen LogP contribution in [0.3, 0.4) is 0 Å². The molecule has 1 saturated carbocycles. The van der Waals surface area contributed by atoms with Gasteiger partial charge in [-0.15, -0.1) is 0 Å². The van der Waals surface area contributed by atoms with Crippen LogP contribution in [0.2, 0.25) is 0 Å². The van der Waals surface area contributed by atoms with E-state index in [4.69, 9.17) is 11.1 Å². The van der Waals surface area contributed by atoms with Gasteiger partial charge in [-0.25, -0.2) is 8.42 Å². The average Bonchev–Trinajstić information content (AvgIpc) is 2.91. The predicted molar refractivity (Wildman–Crippen MR) is 65.5 cm³/mol. The second kappa shape index (κ2) is 5.63. The van der Waals surface area contributed by atoms with Crippen LogP contribution in [0.5, 0.6) is 0 Å². The van der Waals surface area contributed by atoms with E-state index < -0.39 is 9.84 Å². The fourth-order valence-corrected chi connectivity index (χ4v) is 2.36. The van der Waals surface area contributed by atoms with Crippen molar-refractivity contribution in [2.45, 2.75) is 31.7 Å². The first-order valence-electron chi connectivity index (χ1n) is 5.63. The lowest BCUT2D eigenvalue weighted by molar-refractivity contribution is 0.272. The Balaban J connectivity index is 2.25. The maximum absolute atomic E-state index is 11.0. The molecule has 3 N–H and O–H groups in total. The van der Waals surface area contributed by atoms with Gasteiger partial charge < -0.3 is 5.73 Å². The van der Waals surface area contributed by atoms with Crippen molar-refractivity contribution in [3.8, 4) is 0 Å². The lowest BCUT2D eigenvalue weighted by Crippen LogP contribution is -2.31. The number of hydrogen-bond acceptors (Lipinski definition) is 4. The minimum Gasteiger partial charge on any atom is -0.388 e. The predicted octanol–water partition coefficient (Wildman–Crippen LogP) is 0.212. The van der Waals surface area contributed by atoms with Crippen LogP contribution < -0.4 is 5.73 Å². The van der Waals surface area contributed by atoms with Crippen LogP contribution in [0.4, 0.5) is 0 Å². The third kappa shape index (κ3) is 6.07. The Bertz CT molecular complexity index is 336. The van der Waals surface area contributed by atoms with Gasteiger partial charge in [0.2, 0.25) is 0 Å². The first-order valence-corrected chi connectivity index (χ1v) is 7.69. The van der Waals surface area contributed by atoms with Gasteiger partial charge in [0.05, 0.1) is 11.6 Å². The number of rotatable bonds is 8. The molecule has 5 nitrogen and oxygen atoms in total. The molecule has 0 spiro atoms. The van der Waals surface area contributed by atoms with E-state index >= 15 is 0 Å². The highest BCUT2D eigenvalue weighted by atomic mass is 32.2. The van der Waals surface area contributed by atoms with Crippen LogP contribution in [0.25, 0.3) is 0 Å². The molecule has 0 heterocycles. The minimum atomic E-state index is -2.85. The minimum absolute atomic E-state index is 0.203. The van der Waals surface area contributed by atoms with Crippen molar-refractivity contribution >= 4 is 15.7 Å². The molecule has 1 rings (SSSR count). The van der Waals surface area contributed by atoms with E-state index in [9.17, 15) is 8.42 Å². The number of nitrogens with zero attached hydrogens (tertiary/aromatic N) is 1. The number of nitrogens with one attached hydrogen (secondary N) is 1. The lowest BCUT2D eigenvalue weighted by atomic mass is 10.3. The molecule has 94 valence electrons. The molecule has 0 aromatic carbocycles. The summed E-state index contributed by atoms with van der Waals surface area (Å²) >= 11 is 0. The van der Waals surface area contributed by atoms with E-state index in [0.29, 0.717) is 18.9 Å². The molecule has 0 aromatic rings. The monoisotopic (exact) mass is 247 g/mol. The highest BCUT2D eigenvalue weighted by molar-refractivity contribution is 7.90. The third-order valence-electron chi connectivity index (χ3n) is 2.69. The Hall–Kier alpha value is -0.620. The number of nitrogens with two attached hydrogens (primary N) is 1. The summed E-state index contributed by atoms with van der Waals surface area (Å²) in [5.41, 5.74) is 5.32. The van der Waals surface area contributed by atoms with Gasteiger partial charge in [-0.3, -0.25) is 10.3 Å². The Morgan fingerprint density at radius 1 is 1.44 bits per heavy atom. The third-order valence-corrected chi connectivity index (χ3v) is 3.72. The summed E-state index contributed by atoms with van der Waals surface area (Å²) in [6, 6.07) is 0.596. The van der Waals surface area contributed by atoms with Crippen molar-refractivity contribution in [1.82, 2.24) is 4.90 Å². The van der Waals surface area contributed by atoms with Crippen LogP contribution in [-0.2, 0) is 9.84 Å². The number of sulfone groups is 1. The summed E-state index contributed by atoms with van der Waals surface area (Å²) in [5, 5.41) is 7.18. The van der Waals surface area contributed by atoms with Crippen LogP contribution in [0, 0.1) is 5.41 Å². The van der Waals surface area contributed by atoms with Gasteiger partial charge in [-0.2, -0.15) is 0 Å². The molecule has 0 aliphatic heterocycles. The van der Waals surface area contributed by atoms with Gasteiger partial charge in [-0.05, 0) is 25.8 Å². The fraction of sp³-hybridized carbons (Fsp3) is 0.900. The molecular formula is C10H21N3O2S. The quantitative estimate of drug-likeness (QED) is 0.474. The van der Waals surface area contributed by atoms with Crippen molar-refractivity contribution in [3.05, 3.63) is 0 Å². The SMILES string of the molecule is CS(=O)(=O)CCCN(CCC(=N)N)C1CC1.